The van der Waals surface area contributed by atoms with E-state index in [0.717, 1.165) is 27.7 Å². The molecule has 2 aromatic rings. The molecule has 0 heterocycles. The molecule has 142 valence electrons. The Hall–Kier alpha value is -1.12. The molecule has 0 radical (unpaired) electrons. The van der Waals surface area contributed by atoms with Crippen molar-refractivity contribution in [3.63, 3.8) is 0 Å². The zero-order valence-corrected chi connectivity index (χ0v) is 18.2. The molecule has 1 saturated carbocycles. The Morgan fingerprint density at radius 3 is 2.81 bits per heavy atom. The van der Waals surface area contributed by atoms with Crippen molar-refractivity contribution in [2.24, 2.45) is 0 Å². The van der Waals surface area contributed by atoms with Gasteiger partial charge in [0, 0.05) is 37.8 Å². The van der Waals surface area contributed by atoms with Crippen LogP contribution in [0.2, 0.25) is 5.02 Å². The van der Waals surface area contributed by atoms with Gasteiger partial charge in [-0.3, -0.25) is 9.59 Å². The van der Waals surface area contributed by atoms with Gasteiger partial charge in [-0.25, -0.2) is 4.39 Å². The summed E-state index contributed by atoms with van der Waals surface area (Å²) >= 11 is 9.68. The van der Waals surface area contributed by atoms with Gasteiger partial charge in [-0.2, -0.15) is 0 Å². The number of carbonyl (C=O) groups excluding carboxylic acids is 2. The third-order valence-corrected chi connectivity index (χ3v) is 7.28. The molecule has 0 aromatic heterocycles. The Morgan fingerprint density at radius 2 is 2.04 bits per heavy atom. The predicted molar refractivity (Wildman–Crippen MR) is 116 cm³/mol. The van der Waals surface area contributed by atoms with Crippen molar-refractivity contribution in [2.45, 2.75) is 42.2 Å². The zero-order valence-electron chi connectivity index (χ0n) is 14.4. The smallest absolute Gasteiger partial charge is 0.255 e. The average Bonchev–Trinajstić information content (AvgIpc) is 2.84. The Morgan fingerprint density at radius 1 is 1.22 bits per heavy atom. The number of rotatable bonds is 4. The molecule has 1 N–H and O–H groups in total. The van der Waals surface area contributed by atoms with E-state index in [2.05, 4.69) is 27.9 Å². The summed E-state index contributed by atoms with van der Waals surface area (Å²) in [5.41, 5.74) is 0.951. The molecule has 1 aliphatic rings. The maximum absolute atomic E-state index is 13.3. The summed E-state index contributed by atoms with van der Waals surface area (Å²) in [7, 11) is 0. The second-order valence-electron chi connectivity index (χ2n) is 6.46. The molecular formula is C20H18ClFINO2S. The molecule has 3 nitrogen and oxygen atoms in total. The van der Waals surface area contributed by atoms with Gasteiger partial charge in [0.1, 0.15) is 11.6 Å². The van der Waals surface area contributed by atoms with E-state index in [1.54, 1.807) is 17.8 Å². The fraction of sp³-hybridized carbons (Fsp3) is 0.300. The van der Waals surface area contributed by atoms with Crippen molar-refractivity contribution < 1.29 is 14.0 Å². The first-order chi connectivity index (χ1) is 12.9. The largest absolute Gasteiger partial charge is 0.322 e. The van der Waals surface area contributed by atoms with Crippen molar-refractivity contribution in [1.29, 1.82) is 0 Å². The van der Waals surface area contributed by atoms with Crippen LogP contribution in [0.3, 0.4) is 0 Å². The van der Waals surface area contributed by atoms with Crippen LogP contribution in [0.25, 0.3) is 0 Å². The minimum atomic E-state index is -0.527. The van der Waals surface area contributed by atoms with Crippen LogP contribution in [-0.4, -0.2) is 16.9 Å². The number of benzene rings is 2. The summed E-state index contributed by atoms with van der Waals surface area (Å²) in [6.45, 7) is 0. The van der Waals surface area contributed by atoms with Crippen LogP contribution in [0.15, 0.2) is 41.3 Å². The molecule has 1 atom stereocenters. The topological polar surface area (TPSA) is 46.2 Å². The van der Waals surface area contributed by atoms with E-state index >= 15 is 0 Å². The third kappa shape index (κ3) is 5.68. The van der Waals surface area contributed by atoms with Crippen LogP contribution in [0.4, 0.5) is 10.1 Å². The van der Waals surface area contributed by atoms with Gasteiger partial charge in [-0.1, -0.05) is 18.0 Å². The lowest BCUT2D eigenvalue weighted by Gasteiger charge is -2.15. The number of Topliss-reactive ketones (excluding diaryl/α,β-unsaturated/α-hetero) is 1. The number of hydrogen-bond donors (Lipinski definition) is 1. The molecule has 0 saturated heterocycles. The van der Waals surface area contributed by atoms with E-state index in [0.29, 0.717) is 29.9 Å². The van der Waals surface area contributed by atoms with Crippen molar-refractivity contribution in [1.82, 2.24) is 0 Å². The van der Waals surface area contributed by atoms with Gasteiger partial charge in [0.2, 0.25) is 0 Å². The Balaban J connectivity index is 1.74. The molecular weight excluding hydrogens is 500 g/mol. The molecule has 0 spiro atoms. The van der Waals surface area contributed by atoms with E-state index < -0.39 is 5.82 Å². The van der Waals surface area contributed by atoms with Gasteiger partial charge in [0.15, 0.2) is 0 Å². The van der Waals surface area contributed by atoms with Crippen LogP contribution < -0.4 is 5.32 Å². The highest BCUT2D eigenvalue weighted by molar-refractivity contribution is 14.1. The molecule has 1 fully saturated rings. The number of halogens is 3. The highest BCUT2D eigenvalue weighted by Gasteiger charge is 2.20. The highest BCUT2D eigenvalue weighted by atomic mass is 127. The van der Waals surface area contributed by atoms with Gasteiger partial charge < -0.3 is 5.32 Å². The minimum Gasteiger partial charge on any atom is -0.322 e. The fourth-order valence-electron chi connectivity index (χ4n) is 2.94. The van der Waals surface area contributed by atoms with E-state index in [9.17, 15) is 14.0 Å². The van der Waals surface area contributed by atoms with Gasteiger partial charge in [-0.15, -0.1) is 11.8 Å². The van der Waals surface area contributed by atoms with Gasteiger partial charge in [0.05, 0.1) is 5.02 Å². The lowest BCUT2D eigenvalue weighted by Crippen LogP contribution is -2.12. The van der Waals surface area contributed by atoms with Crippen molar-refractivity contribution >= 4 is 63.3 Å². The quantitative estimate of drug-likeness (QED) is 0.381. The van der Waals surface area contributed by atoms with E-state index in [1.165, 1.54) is 18.2 Å². The summed E-state index contributed by atoms with van der Waals surface area (Å²) in [5, 5.41) is 2.95. The Labute approximate surface area is 180 Å². The normalized spacial score (nSPS) is 17.4. The van der Waals surface area contributed by atoms with E-state index in [4.69, 9.17) is 11.6 Å². The van der Waals surface area contributed by atoms with Gasteiger partial charge in [0.25, 0.3) is 5.91 Å². The zero-order chi connectivity index (χ0) is 19.4. The number of ketones is 1. The fourth-order valence-corrected chi connectivity index (χ4v) is 5.13. The summed E-state index contributed by atoms with van der Waals surface area (Å²) in [6.07, 6.45) is 4.31. The first kappa shape index (κ1) is 20.6. The molecule has 1 aliphatic carbocycles. The Bertz CT molecular complexity index is 877. The van der Waals surface area contributed by atoms with Crippen LogP contribution in [0.1, 0.15) is 42.5 Å². The highest BCUT2D eigenvalue weighted by Crippen LogP contribution is 2.35. The molecule has 0 bridgehead atoms. The molecule has 27 heavy (non-hydrogen) atoms. The lowest BCUT2D eigenvalue weighted by molar-refractivity contribution is -0.118. The molecule has 7 heteroatoms. The first-order valence-electron chi connectivity index (χ1n) is 8.66. The van der Waals surface area contributed by atoms with Crippen LogP contribution in [-0.2, 0) is 4.79 Å². The van der Waals surface area contributed by atoms with Crippen LogP contribution in [0.5, 0.6) is 0 Å². The number of hydrogen-bond acceptors (Lipinski definition) is 3. The number of carbonyl (C=O) groups is 2. The van der Waals surface area contributed by atoms with Crippen LogP contribution >= 0.6 is 46.0 Å². The molecule has 3 rings (SSSR count). The number of amides is 1. The molecule has 2 aromatic carbocycles. The van der Waals surface area contributed by atoms with Gasteiger partial charge >= 0.3 is 0 Å². The SMILES string of the molecule is O=C1CCCCC(Sc2cc(C(=O)Nc3ccc(F)c(Cl)c3)ccc2I)C1. The van der Waals surface area contributed by atoms with Crippen molar-refractivity contribution in [3.05, 3.63) is 56.4 Å². The summed E-state index contributed by atoms with van der Waals surface area (Å²) in [6, 6.07) is 9.57. The second kappa shape index (κ2) is 9.39. The number of nitrogens with one attached hydrogen (secondary N) is 1. The van der Waals surface area contributed by atoms with E-state index in [1.807, 2.05) is 12.1 Å². The van der Waals surface area contributed by atoms with Crippen molar-refractivity contribution in [3.8, 4) is 0 Å². The standard InChI is InChI=1S/C20H18ClFINO2S/c21-16-10-13(6-7-17(16)22)24-20(26)12-5-8-18(23)19(9-12)27-15-4-2-1-3-14(25)11-15/h5-10,15H,1-4,11H2,(H,24,26). The number of thioether (sulfide) groups is 1. The monoisotopic (exact) mass is 517 g/mol. The maximum atomic E-state index is 13.3. The predicted octanol–water partition coefficient (Wildman–Crippen LogP) is 6.33. The molecule has 0 aliphatic heterocycles. The summed E-state index contributed by atoms with van der Waals surface area (Å²) < 4.78 is 14.3. The lowest BCUT2D eigenvalue weighted by atomic mass is 10.2. The van der Waals surface area contributed by atoms with Crippen LogP contribution in [0, 0.1) is 9.39 Å². The van der Waals surface area contributed by atoms with E-state index in [-0.39, 0.29) is 16.2 Å². The summed E-state index contributed by atoms with van der Waals surface area (Å²) in [5.74, 6) is -0.490. The molecule has 1 amide bonds. The number of anilines is 1. The molecule has 1 unspecified atom stereocenters. The second-order valence-corrected chi connectivity index (χ2v) is 9.37. The Kier molecular flexibility index (Phi) is 7.16. The van der Waals surface area contributed by atoms with Gasteiger partial charge in [-0.05, 0) is 71.8 Å². The first-order valence-corrected chi connectivity index (χ1v) is 11.0. The van der Waals surface area contributed by atoms with Crippen molar-refractivity contribution in [2.75, 3.05) is 5.32 Å². The minimum absolute atomic E-state index is 0.0373. The third-order valence-electron chi connectivity index (χ3n) is 4.35. The average molecular weight is 518 g/mol. The summed E-state index contributed by atoms with van der Waals surface area (Å²) in [4.78, 5) is 25.4. The maximum Gasteiger partial charge on any atom is 0.255 e.